The largest absolute Gasteiger partial charge is 0.487 e. The minimum Gasteiger partial charge on any atom is -0.487 e. The minimum atomic E-state index is -0.496. The zero-order valence-corrected chi connectivity index (χ0v) is 17.0. The van der Waals surface area contributed by atoms with Crippen LogP contribution in [0.15, 0.2) is 54.6 Å². The van der Waals surface area contributed by atoms with Gasteiger partial charge in [0.2, 0.25) is 0 Å². The van der Waals surface area contributed by atoms with Crippen LogP contribution in [-0.2, 0) is 6.42 Å². The van der Waals surface area contributed by atoms with Gasteiger partial charge in [0.05, 0.1) is 27.7 Å². The van der Waals surface area contributed by atoms with Crippen molar-refractivity contribution in [2.75, 3.05) is 6.54 Å². The lowest BCUT2D eigenvalue weighted by molar-refractivity contribution is 0.0588. The summed E-state index contributed by atoms with van der Waals surface area (Å²) >= 11 is 12.6. The fraction of sp³-hybridized carbons (Fsp3) is 0.130. The summed E-state index contributed by atoms with van der Waals surface area (Å²) in [4.78, 5) is 26.5. The normalized spacial score (nSPS) is 17.2. The zero-order valence-electron chi connectivity index (χ0n) is 15.5. The van der Waals surface area contributed by atoms with Crippen molar-refractivity contribution in [1.82, 2.24) is 4.90 Å². The van der Waals surface area contributed by atoms with Gasteiger partial charge < -0.3 is 4.74 Å². The van der Waals surface area contributed by atoms with E-state index in [1.807, 2.05) is 0 Å². The van der Waals surface area contributed by atoms with E-state index in [9.17, 15) is 14.0 Å². The maximum absolute atomic E-state index is 14.3. The molecule has 7 heteroatoms. The number of carbonyl (C=O) groups excluding carboxylic acids is 2. The van der Waals surface area contributed by atoms with Crippen molar-refractivity contribution in [3.63, 3.8) is 0 Å². The van der Waals surface area contributed by atoms with Crippen LogP contribution in [0.3, 0.4) is 0 Å². The molecule has 0 fully saturated rings. The van der Waals surface area contributed by atoms with Crippen LogP contribution >= 0.6 is 23.2 Å². The number of imide groups is 1. The van der Waals surface area contributed by atoms with E-state index in [0.717, 1.165) is 0 Å². The molecule has 0 aromatic heterocycles. The van der Waals surface area contributed by atoms with Crippen molar-refractivity contribution in [1.29, 1.82) is 0 Å². The number of ether oxygens (including phenoxy) is 1. The summed E-state index contributed by atoms with van der Waals surface area (Å²) < 4.78 is 20.4. The molecule has 1 unspecified atom stereocenters. The lowest BCUT2D eigenvalue weighted by Gasteiger charge is -2.19. The van der Waals surface area contributed by atoms with Gasteiger partial charge in [0, 0.05) is 23.1 Å². The molecule has 0 N–H and O–H groups in total. The third-order valence-corrected chi connectivity index (χ3v) is 5.99. The molecule has 5 rings (SSSR count). The average molecular weight is 442 g/mol. The van der Waals surface area contributed by atoms with Crippen molar-refractivity contribution >= 4 is 35.0 Å². The molecule has 1 atom stereocenters. The van der Waals surface area contributed by atoms with E-state index in [1.165, 1.54) is 17.0 Å². The standard InChI is InChI=1S/C23H14Cl2FNO3/c24-18-6-3-7-19(25)20(18)17-10-13(26)8-12-9-14(30-21(12)17)11-27-22(28)15-4-1-2-5-16(15)23(27)29/h1-8,10,14H,9,11H2. The predicted octanol–water partition coefficient (Wildman–Crippen LogP) is 5.40. The van der Waals surface area contributed by atoms with E-state index in [4.69, 9.17) is 27.9 Å². The summed E-state index contributed by atoms with van der Waals surface area (Å²) in [6, 6.07) is 14.5. The third-order valence-electron chi connectivity index (χ3n) is 5.36. The first-order valence-electron chi connectivity index (χ1n) is 9.32. The molecule has 150 valence electrons. The highest BCUT2D eigenvalue weighted by atomic mass is 35.5. The van der Waals surface area contributed by atoms with Crippen LogP contribution in [0, 0.1) is 5.82 Å². The van der Waals surface area contributed by atoms with Crippen molar-refractivity contribution in [2.45, 2.75) is 12.5 Å². The molecule has 2 aliphatic rings. The van der Waals surface area contributed by atoms with Crippen molar-refractivity contribution < 1.29 is 18.7 Å². The van der Waals surface area contributed by atoms with Crippen molar-refractivity contribution in [3.05, 3.63) is 87.2 Å². The Labute approximate surface area is 181 Å². The molecule has 0 saturated heterocycles. The number of nitrogens with zero attached hydrogens (tertiary/aromatic N) is 1. The molecule has 3 aromatic rings. The summed E-state index contributed by atoms with van der Waals surface area (Å²) in [5.74, 6) is -0.677. The Morgan fingerprint density at radius 2 is 1.57 bits per heavy atom. The lowest BCUT2D eigenvalue weighted by Crippen LogP contribution is -2.38. The first kappa shape index (κ1) is 19.1. The van der Waals surface area contributed by atoms with Gasteiger partial charge in [-0.25, -0.2) is 4.39 Å². The summed E-state index contributed by atoms with van der Waals surface area (Å²) in [5, 5.41) is 0.755. The van der Waals surface area contributed by atoms with Crippen molar-refractivity contribution in [3.8, 4) is 16.9 Å². The number of hydrogen-bond donors (Lipinski definition) is 0. The Kier molecular flexibility index (Phi) is 4.53. The van der Waals surface area contributed by atoms with Gasteiger partial charge in [-0.1, -0.05) is 41.4 Å². The molecule has 0 aliphatic carbocycles. The Hall–Kier alpha value is -2.89. The van der Waals surface area contributed by atoms with Crippen molar-refractivity contribution in [2.24, 2.45) is 0 Å². The minimum absolute atomic E-state index is 0.0678. The summed E-state index contributed by atoms with van der Waals surface area (Å²) in [6.07, 6.45) is -0.140. The van der Waals surface area contributed by atoms with Gasteiger partial charge >= 0.3 is 0 Å². The molecule has 0 spiro atoms. The van der Waals surface area contributed by atoms with Crippen LogP contribution in [0.25, 0.3) is 11.1 Å². The molecule has 4 nitrogen and oxygen atoms in total. The quantitative estimate of drug-likeness (QED) is 0.511. The van der Waals surface area contributed by atoms with Gasteiger partial charge in [-0.15, -0.1) is 0 Å². The maximum atomic E-state index is 14.3. The SMILES string of the molecule is O=C1c2ccccc2C(=O)N1CC1Cc2cc(F)cc(-c3c(Cl)cccc3Cl)c2O1. The van der Waals surface area contributed by atoms with Crippen LogP contribution in [0.5, 0.6) is 5.75 Å². The number of halogens is 3. The number of carbonyl (C=O) groups is 2. The van der Waals surface area contributed by atoms with Gasteiger partial charge in [-0.05, 0) is 36.4 Å². The predicted molar refractivity (Wildman–Crippen MR) is 112 cm³/mol. The van der Waals surface area contributed by atoms with Crippen LogP contribution in [-0.4, -0.2) is 29.4 Å². The number of benzene rings is 3. The van der Waals surface area contributed by atoms with E-state index < -0.39 is 11.9 Å². The fourth-order valence-corrected chi connectivity index (χ4v) is 4.65. The summed E-state index contributed by atoms with van der Waals surface area (Å²) in [7, 11) is 0. The molecule has 2 heterocycles. The highest BCUT2D eigenvalue weighted by Crippen LogP contribution is 2.45. The van der Waals surface area contributed by atoms with E-state index in [1.54, 1.807) is 42.5 Å². The molecule has 2 aliphatic heterocycles. The zero-order chi connectivity index (χ0) is 21.0. The van der Waals surface area contributed by atoms with E-state index >= 15 is 0 Å². The van der Waals surface area contributed by atoms with E-state index in [0.29, 0.717) is 50.0 Å². The Morgan fingerprint density at radius 1 is 0.933 bits per heavy atom. The van der Waals surface area contributed by atoms with Crippen LogP contribution in [0.2, 0.25) is 10.0 Å². The average Bonchev–Trinajstić information content (AvgIpc) is 3.22. The lowest BCUT2D eigenvalue weighted by atomic mass is 10.00. The molecular weight excluding hydrogens is 428 g/mol. The molecular formula is C23H14Cl2FNO3. The first-order valence-corrected chi connectivity index (χ1v) is 10.1. The topological polar surface area (TPSA) is 46.6 Å². The van der Waals surface area contributed by atoms with Gasteiger partial charge in [0.1, 0.15) is 17.7 Å². The van der Waals surface area contributed by atoms with Crippen LogP contribution in [0.4, 0.5) is 4.39 Å². The monoisotopic (exact) mass is 441 g/mol. The Balaban J connectivity index is 1.46. The Bertz CT molecular complexity index is 1170. The molecule has 3 aromatic carbocycles. The summed E-state index contributed by atoms with van der Waals surface area (Å²) in [6.45, 7) is 0.0678. The van der Waals surface area contributed by atoms with Crippen LogP contribution < -0.4 is 4.74 Å². The molecule has 30 heavy (non-hydrogen) atoms. The maximum Gasteiger partial charge on any atom is 0.261 e. The number of fused-ring (bicyclic) bond motifs is 2. The van der Waals surface area contributed by atoms with E-state index in [2.05, 4.69) is 0 Å². The number of rotatable bonds is 3. The van der Waals surface area contributed by atoms with Crippen LogP contribution in [0.1, 0.15) is 26.3 Å². The fourth-order valence-electron chi connectivity index (χ4n) is 4.05. The second-order valence-corrected chi connectivity index (χ2v) is 8.06. The molecule has 0 bridgehead atoms. The molecule has 2 amide bonds. The summed E-state index contributed by atoms with van der Waals surface area (Å²) in [5.41, 5.74) is 2.34. The Morgan fingerprint density at radius 3 is 2.20 bits per heavy atom. The van der Waals surface area contributed by atoms with Gasteiger partial charge in [0.15, 0.2) is 0 Å². The highest BCUT2D eigenvalue weighted by molar-refractivity contribution is 6.39. The molecule has 0 saturated carbocycles. The smallest absolute Gasteiger partial charge is 0.261 e. The second kappa shape index (κ2) is 7.11. The molecule has 0 radical (unpaired) electrons. The third kappa shape index (κ3) is 2.97. The van der Waals surface area contributed by atoms with E-state index in [-0.39, 0.29) is 18.4 Å². The number of amides is 2. The van der Waals surface area contributed by atoms with Gasteiger partial charge in [-0.3, -0.25) is 14.5 Å². The number of hydrogen-bond acceptors (Lipinski definition) is 3. The first-order chi connectivity index (χ1) is 14.4. The van der Waals surface area contributed by atoms with Gasteiger partial charge in [0.25, 0.3) is 11.8 Å². The highest BCUT2D eigenvalue weighted by Gasteiger charge is 2.39. The second-order valence-electron chi connectivity index (χ2n) is 7.25. The van der Waals surface area contributed by atoms with Gasteiger partial charge in [-0.2, -0.15) is 0 Å².